The van der Waals surface area contributed by atoms with Crippen LogP contribution in [0.5, 0.6) is 0 Å². The van der Waals surface area contributed by atoms with Crippen LogP contribution in [-0.2, 0) is 4.79 Å². The summed E-state index contributed by atoms with van der Waals surface area (Å²) in [5.41, 5.74) is -0.628. The number of carbonyl (C=O) groups is 1. The molecule has 0 bridgehead atoms. The van der Waals surface area contributed by atoms with Crippen LogP contribution in [0.3, 0.4) is 0 Å². The lowest BCUT2D eigenvalue weighted by Gasteiger charge is -2.24. The Kier molecular flexibility index (Phi) is 4.54. The van der Waals surface area contributed by atoms with E-state index in [9.17, 15) is 9.90 Å². The number of amides is 1. The van der Waals surface area contributed by atoms with Gasteiger partial charge in [-0.05, 0) is 19.8 Å². The fraction of sp³-hybridized carbons (Fsp3) is 0.909. The van der Waals surface area contributed by atoms with Gasteiger partial charge in [0.15, 0.2) is 0 Å². The predicted molar refractivity (Wildman–Crippen MR) is 59.6 cm³/mol. The number of nitrogens with one attached hydrogen (secondary N) is 2. The maximum absolute atomic E-state index is 10.9. The Morgan fingerprint density at radius 3 is 2.93 bits per heavy atom. The number of hydrogen-bond acceptors (Lipinski definition) is 3. The Bertz CT molecular complexity index is 217. The fourth-order valence-electron chi connectivity index (χ4n) is 1.97. The summed E-state index contributed by atoms with van der Waals surface area (Å²) in [5, 5.41) is 16.0. The van der Waals surface area contributed by atoms with E-state index in [2.05, 4.69) is 17.6 Å². The van der Waals surface area contributed by atoms with E-state index in [4.69, 9.17) is 0 Å². The second kappa shape index (κ2) is 5.47. The van der Waals surface area contributed by atoms with Crippen LogP contribution in [0.2, 0.25) is 0 Å². The number of rotatable bonds is 6. The Morgan fingerprint density at radius 2 is 2.40 bits per heavy atom. The lowest BCUT2D eigenvalue weighted by atomic mass is 10.0. The quantitative estimate of drug-likeness (QED) is 0.600. The largest absolute Gasteiger partial charge is 0.389 e. The third-order valence-corrected chi connectivity index (χ3v) is 2.77. The van der Waals surface area contributed by atoms with Gasteiger partial charge in [-0.1, -0.05) is 13.3 Å². The van der Waals surface area contributed by atoms with E-state index in [0.29, 0.717) is 13.0 Å². The van der Waals surface area contributed by atoms with E-state index < -0.39 is 5.60 Å². The van der Waals surface area contributed by atoms with Crippen molar-refractivity contribution in [2.24, 2.45) is 0 Å². The van der Waals surface area contributed by atoms with Crippen LogP contribution in [0.25, 0.3) is 0 Å². The summed E-state index contributed by atoms with van der Waals surface area (Å²) in [4.78, 5) is 10.9. The van der Waals surface area contributed by atoms with Gasteiger partial charge in [-0.2, -0.15) is 0 Å². The molecule has 88 valence electrons. The lowest BCUT2D eigenvalue weighted by Crippen LogP contribution is -2.43. The highest BCUT2D eigenvalue weighted by molar-refractivity contribution is 5.78. The molecule has 1 aliphatic heterocycles. The smallest absolute Gasteiger partial charge is 0.220 e. The van der Waals surface area contributed by atoms with Crippen molar-refractivity contribution >= 4 is 5.91 Å². The molecule has 2 unspecified atom stereocenters. The van der Waals surface area contributed by atoms with E-state index in [1.54, 1.807) is 0 Å². The monoisotopic (exact) mass is 214 g/mol. The van der Waals surface area contributed by atoms with E-state index in [-0.39, 0.29) is 11.9 Å². The zero-order valence-electron chi connectivity index (χ0n) is 9.68. The number of carbonyl (C=O) groups excluding carboxylic acids is 1. The molecule has 1 saturated heterocycles. The van der Waals surface area contributed by atoms with Gasteiger partial charge in [0.1, 0.15) is 0 Å². The maximum Gasteiger partial charge on any atom is 0.220 e. The van der Waals surface area contributed by atoms with Crippen LogP contribution in [0.15, 0.2) is 0 Å². The van der Waals surface area contributed by atoms with Gasteiger partial charge in [-0.15, -0.1) is 0 Å². The molecule has 0 saturated carbocycles. The first kappa shape index (κ1) is 12.5. The van der Waals surface area contributed by atoms with E-state index in [1.165, 1.54) is 0 Å². The third kappa shape index (κ3) is 4.62. The molecular formula is C11H22N2O2. The standard InChI is InChI=1S/C11H22N2O2/c1-3-6-11(2,15)8-12-7-9-4-5-10(14)13-9/h9,12,15H,3-8H2,1-2H3,(H,13,14). The van der Waals surface area contributed by atoms with E-state index in [1.807, 2.05) is 6.92 Å². The number of aliphatic hydroxyl groups is 1. The van der Waals surface area contributed by atoms with Crippen LogP contribution in [0.1, 0.15) is 39.5 Å². The summed E-state index contributed by atoms with van der Waals surface area (Å²) in [6.45, 7) is 5.25. The van der Waals surface area contributed by atoms with Crippen molar-refractivity contribution in [3.63, 3.8) is 0 Å². The SMILES string of the molecule is CCCC(C)(O)CNCC1CCC(=O)N1. The van der Waals surface area contributed by atoms with Gasteiger partial charge >= 0.3 is 0 Å². The van der Waals surface area contributed by atoms with E-state index in [0.717, 1.165) is 25.8 Å². The van der Waals surface area contributed by atoms with Crippen LogP contribution in [0.4, 0.5) is 0 Å². The molecule has 15 heavy (non-hydrogen) atoms. The van der Waals surface area contributed by atoms with Crippen molar-refractivity contribution in [1.29, 1.82) is 0 Å². The minimum atomic E-state index is -0.628. The van der Waals surface area contributed by atoms with E-state index >= 15 is 0 Å². The second-order valence-electron chi connectivity index (χ2n) is 4.68. The van der Waals surface area contributed by atoms with Crippen molar-refractivity contribution in [2.45, 2.75) is 51.2 Å². The first-order chi connectivity index (χ1) is 7.03. The summed E-state index contributed by atoms with van der Waals surface area (Å²) < 4.78 is 0. The molecule has 1 aliphatic rings. The summed E-state index contributed by atoms with van der Waals surface area (Å²) >= 11 is 0. The minimum Gasteiger partial charge on any atom is -0.389 e. The average Bonchev–Trinajstić information content (AvgIpc) is 2.51. The lowest BCUT2D eigenvalue weighted by molar-refractivity contribution is -0.119. The fourth-order valence-corrected chi connectivity index (χ4v) is 1.97. The van der Waals surface area contributed by atoms with Crippen LogP contribution >= 0.6 is 0 Å². The predicted octanol–water partition coefficient (Wildman–Crippen LogP) is 0.406. The van der Waals surface area contributed by atoms with Gasteiger partial charge in [0.2, 0.25) is 5.91 Å². The number of hydrogen-bond donors (Lipinski definition) is 3. The Hall–Kier alpha value is -0.610. The molecule has 1 heterocycles. The van der Waals surface area contributed by atoms with Crippen molar-refractivity contribution in [3.05, 3.63) is 0 Å². The molecule has 0 spiro atoms. The zero-order chi connectivity index (χ0) is 11.3. The van der Waals surface area contributed by atoms with Crippen LogP contribution in [-0.4, -0.2) is 35.7 Å². The van der Waals surface area contributed by atoms with Crippen LogP contribution < -0.4 is 10.6 Å². The van der Waals surface area contributed by atoms with Gasteiger partial charge in [-0.3, -0.25) is 4.79 Å². The highest BCUT2D eigenvalue weighted by atomic mass is 16.3. The van der Waals surface area contributed by atoms with Gasteiger partial charge in [0.05, 0.1) is 5.60 Å². The van der Waals surface area contributed by atoms with Crippen LogP contribution in [0, 0.1) is 0 Å². The normalized spacial score (nSPS) is 25.0. The topological polar surface area (TPSA) is 61.4 Å². The van der Waals surface area contributed by atoms with Gasteiger partial charge in [0.25, 0.3) is 0 Å². The van der Waals surface area contributed by atoms with Gasteiger partial charge in [-0.25, -0.2) is 0 Å². The van der Waals surface area contributed by atoms with Crippen molar-refractivity contribution in [2.75, 3.05) is 13.1 Å². The molecule has 1 fully saturated rings. The summed E-state index contributed by atoms with van der Waals surface area (Å²) in [6.07, 6.45) is 3.32. The third-order valence-electron chi connectivity index (χ3n) is 2.77. The van der Waals surface area contributed by atoms with Gasteiger partial charge in [0, 0.05) is 25.6 Å². The molecule has 1 rings (SSSR count). The molecule has 0 aromatic rings. The Labute approximate surface area is 91.4 Å². The Balaban J connectivity index is 2.13. The highest BCUT2D eigenvalue weighted by Gasteiger charge is 2.22. The average molecular weight is 214 g/mol. The molecule has 0 aromatic carbocycles. The molecule has 4 nitrogen and oxygen atoms in total. The highest BCUT2D eigenvalue weighted by Crippen LogP contribution is 2.10. The van der Waals surface area contributed by atoms with Gasteiger partial charge < -0.3 is 15.7 Å². The molecule has 3 N–H and O–H groups in total. The summed E-state index contributed by atoms with van der Waals surface area (Å²) in [7, 11) is 0. The zero-order valence-corrected chi connectivity index (χ0v) is 9.68. The first-order valence-electron chi connectivity index (χ1n) is 5.76. The molecule has 4 heteroatoms. The van der Waals surface area contributed by atoms with Crippen molar-refractivity contribution in [3.8, 4) is 0 Å². The molecule has 0 aromatic heterocycles. The van der Waals surface area contributed by atoms with Crippen molar-refractivity contribution in [1.82, 2.24) is 10.6 Å². The molecule has 1 amide bonds. The molecule has 0 radical (unpaired) electrons. The second-order valence-corrected chi connectivity index (χ2v) is 4.68. The minimum absolute atomic E-state index is 0.141. The molecular weight excluding hydrogens is 192 g/mol. The van der Waals surface area contributed by atoms with Crippen molar-refractivity contribution < 1.29 is 9.90 Å². The summed E-state index contributed by atoms with van der Waals surface area (Å²) in [6, 6.07) is 0.245. The molecule has 2 atom stereocenters. The molecule has 0 aliphatic carbocycles. The Morgan fingerprint density at radius 1 is 1.67 bits per heavy atom. The maximum atomic E-state index is 10.9. The first-order valence-corrected chi connectivity index (χ1v) is 5.76. The summed E-state index contributed by atoms with van der Waals surface area (Å²) in [5.74, 6) is 0.141.